The summed E-state index contributed by atoms with van der Waals surface area (Å²) in [5, 5.41) is 20.9. The molecule has 0 heterocycles. The molecule has 0 atom stereocenters. The number of rotatable bonds is 3. The predicted octanol–water partition coefficient (Wildman–Crippen LogP) is -2.30. The van der Waals surface area contributed by atoms with Gasteiger partial charge in [0.15, 0.2) is 0 Å². The van der Waals surface area contributed by atoms with Crippen LogP contribution >= 0.6 is 11.6 Å². The summed E-state index contributed by atoms with van der Waals surface area (Å²) in [4.78, 5) is 20.2. The first-order valence-corrected chi connectivity index (χ1v) is 4.14. The number of aromatic carboxylic acids is 1. The molecule has 15 heavy (non-hydrogen) atoms. The van der Waals surface area contributed by atoms with Crippen molar-refractivity contribution in [3.8, 4) is 0 Å². The number of non-ortho nitro benzene ring substituents is 1. The van der Waals surface area contributed by atoms with Crippen LogP contribution in [0.25, 0.3) is 0 Å². The molecule has 0 bridgehead atoms. The van der Waals surface area contributed by atoms with Crippen LogP contribution in [0.15, 0.2) is 18.2 Å². The van der Waals surface area contributed by atoms with Crippen LogP contribution in [0, 0.1) is 10.1 Å². The van der Waals surface area contributed by atoms with Gasteiger partial charge in [-0.15, -0.1) is 11.6 Å². The Balaban J connectivity index is 0.00000196. The first-order chi connectivity index (χ1) is 6.56. The van der Waals surface area contributed by atoms with Gasteiger partial charge in [-0.05, 0) is 5.56 Å². The van der Waals surface area contributed by atoms with E-state index in [9.17, 15) is 20.0 Å². The van der Waals surface area contributed by atoms with E-state index in [2.05, 4.69) is 0 Å². The van der Waals surface area contributed by atoms with Gasteiger partial charge in [0.1, 0.15) is 0 Å². The van der Waals surface area contributed by atoms with Crippen molar-refractivity contribution in [2.24, 2.45) is 0 Å². The van der Waals surface area contributed by atoms with E-state index in [0.717, 1.165) is 6.07 Å². The number of carboxylic acid groups (broad SMARTS) is 1. The fraction of sp³-hybridized carbons (Fsp3) is 0.125. The smallest absolute Gasteiger partial charge is 0.545 e. The summed E-state index contributed by atoms with van der Waals surface area (Å²) < 4.78 is 0. The van der Waals surface area contributed by atoms with Crippen molar-refractivity contribution < 1.29 is 44.4 Å². The van der Waals surface area contributed by atoms with Gasteiger partial charge in [-0.25, -0.2) is 0 Å². The Labute approximate surface area is 112 Å². The molecule has 74 valence electrons. The third kappa shape index (κ3) is 3.46. The largest absolute Gasteiger partial charge is 1.00 e. The molecule has 0 aliphatic carbocycles. The SMILES string of the molecule is O=C([O-])c1cc([N+](=O)[O-])ccc1CCl.[Na+]. The average molecular weight is 238 g/mol. The van der Waals surface area contributed by atoms with Crippen molar-refractivity contribution in [1.82, 2.24) is 0 Å². The first-order valence-electron chi connectivity index (χ1n) is 3.61. The van der Waals surface area contributed by atoms with Crippen molar-refractivity contribution in [3.05, 3.63) is 39.4 Å². The van der Waals surface area contributed by atoms with Gasteiger partial charge >= 0.3 is 29.6 Å². The van der Waals surface area contributed by atoms with E-state index < -0.39 is 10.9 Å². The Kier molecular flexibility index (Phi) is 5.82. The Morgan fingerprint density at radius 1 is 1.47 bits per heavy atom. The van der Waals surface area contributed by atoms with Crippen molar-refractivity contribution in [2.75, 3.05) is 0 Å². The fourth-order valence-electron chi connectivity index (χ4n) is 0.985. The van der Waals surface area contributed by atoms with E-state index in [1.54, 1.807) is 0 Å². The van der Waals surface area contributed by atoms with Crippen LogP contribution in [0.5, 0.6) is 0 Å². The molecule has 5 nitrogen and oxygen atoms in total. The molecule has 0 N–H and O–H groups in total. The minimum Gasteiger partial charge on any atom is -0.545 e. The fourth-order valence-corrected chi connectivity index (χ4v) is 1.22. The number of hydrogen-bond donors (Lipinski definition) is 0. The zero-order chi connectivity index (χ0) is 10.7. The van der Waals surface area contributed by atoms with E-state index >= 15 is 0 Å². The van der Waals surface area contributed by atoms with Crippen molar-refractivity contribution in [2.45, 2.75) is 5.88 Å². The number of nitro groups is 1. The van der Waals surface area contributed by atoms with Gasteiger partial charge in [-0.1, -0.05) is 6.07 Å². The van der Waals surface area contributed by atoms with Gasteiger partial charge in [-0.3, -0.25) is 10.1 Å². The van der Waals surface area contributed by atoms with Gasteiger partial charge < -0.3 is 9.90 Å². The Hall–Kier alpha value is -0.620. The molecule has 0 aromatic heterocycles. The third-order valence-electron chi connectivity index (χ3n) is 1.67. The van der Waals surface area contributed by atoms with Gasteiger partial charge in [0.2, 0.25) is 0 Å². The molecule has 0 saturated carbocycles. The van der Waals surface area contributed by atoms with Crippen LogP contribution in [-0.4, -0.2) is 10.9 Å². The third-order valence-corrected chi connectivity index (χ3v) is 1.96. The van der Waals surface area contributed by atoms with Gasteiger partial charge in [0.25, 0.3) is 5.69 Å². The minimum atomic E-state index is -1.47. The summed E-state index contributed by atoms with van der Waals surface area (Å²) in [6.07, 6.45) is 0. The van der Waals surface area contributed by atoms with Crippen LogP contribution in [0.1, 0.15) is 15.9 Å². The number of nitro benzene ring substituents is 1. The minimum absolute atomic E-state index is 0. The Morgan fingerprint density at radius 2 is 2.07 bits per heavy atom. The second-order valence-electron chi connectivity index (χ2n) is 2.52. The predicted molar refractivity (Wildman–Crippen MR) is 47.0 cm³/mol. The molecule has 0 fully saturated rings. The number of alkyl halides is 1. The van der Waals surface area contributed by atoms with Crippen molar-refractivity contribution >= 4 is 23.3 Å². The van der Waals surface area contributed by atoms with E-state index in [-0.39, 0.29) is 46.7 Å². The molecule has 1 aromatic carbocycles. The summed E-state index contributed by atoms with van der Waals surface area (Å²) in [6, 6.07) is 3.44. The molecule has 7 heteroatoms. The summed E-state index contributed by atoms with van der Waals surface area (Å²) in [7, 11) is 0. The average Bonchev–Trinajstić information content (AvgIpc) is 2.16. The molecule has 0 unspecified atom stereocenters. The topological polar surface area (TPSA) is 83.3 Å². The van der Waals surface area contributed by atoms with Crippen molar-refractivity contribution in [3.63, 3.8) is 0 Å². The number of nitrogens with zero attached hydrogens (tertiary/aromatic N) is 1. The monoisotopic (exact) mass is 237 g/mol. The van der Waals surface area contributed by atoms with Crippen LogP contribution in [0.4, 0.5) is 5.69 Å². The molecule has 0 radical (unpaired) electrons. The second kappa shape index (κ2) is 6.07. The van der Waals surface area contributed by atoms with Crippen LogP contribution in [0.2, 0.25) is 0 Å². The Bertz CT molecular complexity index is 396. The van der Waals surface area contributed by atoms with Crippen molar-refractivity contribution in [1.29, 1.82) is 0 Å². The molecule has 0 saturated heterocycles. The molecular weight excluding hydrogens is 233 g/mol. The standard InChI is InChI=1S/C8H6ClNO4.Na/c9-4-5-1-2-6(10(13)14)3-7(5)8(11)12;/h1-3H,4H2,(H,11,12);/q;+1/p-1. The van der Waals surface area contributed by atoms with Crippen LogP contribution in [-0.2, 0) is 5.88 Å². The first kappa shape index (κ1) is 14.4. The zero-order valence-corrected chi connectivity index (χ0v) is 10.7. The maximum atomic E-state index is 10.6. The molecule has 0 aliphatic heterocycles. The molecule has 0 spiro atoms. The number of halogens is 1. The molecule has 1 aromatic rings. The van der Waals surface area contributed by atoms with E-state index in [1.165, 1.54) is 12.1 Å². The molecular formula is C8H5ClNNaO4. The quantitative estimate of drug-likeness (QED) is 0.256. The van der Waals surface area contributed by atoms with E-state index in [1.807, 2.05) is 0 Å². The molecule has 0 aliphatic rings. The van der Waals surface area contributed by atoms with Crippen LogP contribution < -0.4 is 34.7 Å². The van der Waals surface area contributed by atoms with Gasteiger partial charge in [0.05, 0.1) is 10.9 Å². The summed E-state index contributed by atoms with van der Waals surface area (Å²) in [5.74, 6) is -1.49. The van der Waals surface area contributed by atoms with Crippen LogP contribution in [0.3, 0.4) is 0 Å². The molecule has 1 rings (SSSR count). The van der Waals surface area contributed by atoms with Gasteiger partial charge in [0, 0.05) is 23.6 Å². The number of hydrogen-bond acceptors (Lipinski definition) is 4. The number of carbonyl (C=O) groups excluding carboxylic acids is 1. The number of benzene rings is 1. The van der Waals surface area contributed by atoms with Gasteiger partial charge in [-0.2, -0.15) is 0 Å². The maximum Gasteiger partial charge on any atom is 1.00 e. The summed E-state index contributed by atoms with van der Waals surface area (Å²) >= 11 is 5.45. The molecule has 0 amide bonds. The zero-order valence-electron chi connectivity index (χ0n) is 7.90. The summed E-state index contributed by atoms with van der Waals surface area (Å²) in [6.45, 7) is 0. The summed E-state index contributed by atoms with van der Waals surface area (Å²) in [5.41, 5.74) is -0.232. The number of carboxylic acids is 1. The Morgan fingerprint density at radius 3 is 2.47 bits per heavy atom. The normalized spacial score (nSPS) is 9.13. The number of carbonyl (C=O) groups is 1. The second-order valence-corrected chi connectivity index (χ2v) is 2.79. The maximum absolute atomic E-state index is 10.6. The van der Waals surface area contributed by atoms with E-state index in [0.29, 0.717) is 5.56 Å². The van der Waals surface area contributed by atoms with E-state index in [4.69, 9.17) is 11.6 Å².